The predicted molar refractivity (Wildman–Crippen MR) is 112 cm³/mol. The van der Waals surface area contributed by atoms with Gasteiger partial charge in [-0.1, -0.05) is 18.2 Å². The van der Waals surface area contributed by atoms with E-state index in [-0.39, 0.29) is 29.3 Å². The summed E-state index contributed by atoms with van der Waals surface area (Å²) in [5, 5.41) is 17.4. The largest absolute Gasteiger partial charge is 0.340 e. The lowest BCUT2D eigenvalue weighted by Crippen LogP contribution is -2.24. The molecule has 0 saturated heterocycles. The molecule has 3 aromatic heterocycles. The van der Waals surface area contributed by atoms with Gasteiger partial charge in [-0.3, -0.25) is 9.59 Å². The van der Waals surface area contributed by atoms with Crippen LogP contribution in [-0.2, 0) is 11.3 Å². The van der Waals surface area contributed by atoms with E-state index in [0.717, 1.165) is 10.9 Å². The second kappa shape index (κ2) is 7.64. The molecule has 0 aliphatic heterocycles. The lowest BCUT2D eigenvalue weighted by molar-refractivity contribution is -0.116. The van der Waals surface area contributed by atoms with Gasteiger partial charge in [-0.2, -0.15) is 15.0 Å². The van der Waals surface area contributed by atoms with Crippen LogP contribution < -0.4 is 10.7 Å². The van der Waals surface area contributed by atoms with Gasteiger partial charge in [-0.05, 0) is 32.0 Å². The van der Waals surface area contributed by atoms with Crippen LogP contribution in [0.4, 0.5) is 5.82 Å². The zero-order valence-electron chi connectivity index (χ0n) is 16.5. The summed E-state index contributed by atoms with van der Waals surface area (Å²) in [6.45, 7) is 3.54. The van der Waals surface area contributed by atoms with Gasteiger partial charge in [0.25, 0.3) is 0 Å². The highest BCUT2D eigenvalue weighted by Crippen LogP contribution is 2.21. The van der Waals surface area contributed by atoms with Crippen molar-refractivity contribution in [3.63, 3.8) is 0 Å². The van der Waals surface area contributed by atoms with E-state index in [9.17, 15) is 14.9 Å². The van der Waals surface area contributed by atoms with E-state index in [0.29, 0.717) is 17.2 Å². The summed E-state index contributed by atoms with van der Waals surface area (Å²) < 4.78 is 3.17. The second-order valence-corrected chi connectivity index (χ2v) is 6.90. The fourth-order valence-corrected chi connectivity index (χ4v) is 3.35. The molecule has 1 amide bonds. The van der Waals surface area contributed by atoms with Crippen LogP contribution in [0.5, 0.6) is 0 Å². The van der Waals surface area contributed by atoms with E-state index in [2.05, 4.69) is 15.4 Å². The highest BCUT2D eigenvalue weighted by atomic mass is 16.2. The molecule has 3 heterocycles. The Balaban J connectivity index is 1.68. The summed E-state index contributed by atoms with van der Waals surface area (Å²) in [5.41, 5.74) is 2.27. The minimum atomic E-state index is -0.344. The van der Waals surface area contributed by atoms with Gasteiger partial charge in [0.05, 0.1) is 11.7 Å². The molecule has 0 aliphatic carbocycles. The highest BCUT2D eigenvalue weighted by Gasteiger charge is 2.17. The molecule has 0 bridgehead atoms. The van der Waals surface area contributed by atoms with Crippen LogP contribution in [0.3, 0.4) is 0 Å². The number of nitrogens with zero attached hydrogens (tertiary/aromatic N) is 5. The molecule has 0 unspecified atom stereocenters. The molecular formula is C22H18N6O2. The smallest absolute Gasteiger partial charge is 0.245 e. The van der Waals surface area contributed by atoms with Crippen molar-refractivity contribution in [2.75, 3.05) is 5.32 Å². The van der Waals surface area contributed by atoms with Gasteiger partial charge in [0, 0.05) is 28.9 Å². The lowest BCUT2D eigenvalue weighted by atomic mass is 10.2. The Labute approximate surface area is 172 Å². The van der Waals surface area contributed by atoms with Crippen LogP contribution in [0.15, 0.2) is 59.5 Å². The van der Waals surface area contributed by atoms with E-state index in [1.807, 2.05) is 36.4 Å². The average molecular weight is 398 g/mol. The van der Waals surface area contributed by atoms with Crippen LogP contribution in [0.2, 0.25) is 0 Å². The van der Waals surface area contributed by atoms with E-state index < -0.39 is 0 Å². The summed E-state index contributed by atoms with van der Waals surface area (Å²) in [4.78, 5) is 29.0. The zero-order valence-corrected chi connectivity index (χ0v) is 16.5. The molecule has 0 spiro atoms. The van der Waals surface area contributed by atoms with Crippen molar-refractivity contribution in [1.82, 2.24) is 19.3 Å². The number of rotatable bonds is 4. The van der Waals surface area contributed by atoms with Crippen LogP contribution in [-0.4, -0.2) is 25.2 Å². The molecule has 8 nitrogen and oxygen atoms in total. The molecule has 0 radical (unpaired) electrons. The summed E-state index contributed by atoms with van der Waals surface area (Å²) in [6, 6.07) is 16.3. The molecule has 1 aromatic carbocycles. The number of carbonyl (C=O) groups is 1. The standard InChI is InChI=1S/C22H18N6O2/c1-14-9-18(29)10-15(2)27(14)13-21(30)26-22-17(11-23)12-24-28(22)20-8-7-16-5-3-4-6-19(16)25-20/h3-10,12H,13H2,1-2H3,(H,26,30). The predicted octanol–water partition coefficient (Wildman–Crippen LogP) is 2.71. The summed E-state index contributed by atoms with van der Waals surface area (Å²) in [7, 11) is 0. The number of hydrogen-bond acceptors (Lipinski definition) is 5. The maximum absolute atomic E-state index is 12.8. The minimum Gasteiger partial charge on any atom is -0.340 e. The van der Waals surface area contributed by atoms with Gasteiger partial charge in [0.1, 0.15) is 18.2 Å². The highest BCUT2D eigenvalue weighted by molar-refractivity contribution is 5.91. The molecule has 0 fully saturated rings. The third kappa shape index (κ3) is 3.56. The van der Waals surface area contributed by atoms with Crippen molar-refractivity contribution in [3.8, 4) is 11.9 Å². The van der Waals surface area contributed by atoms with E-state index >= 15 is 0 Å². The van der Waals surface area contributed by atoms with Crippen molar-refractivity contribution in [2.45, 2.75) is 20.4 Å². The number of pyridine rings is 2. The molecule has 30 heavy (non-hydrogen) atoms. The number of aromatic nitrogens is 4. The number of fused-ring (bicyclic) bond motifs is 1. The maximum Gasteiger partial charge on any atom is 0.245 e. The van der Waals surface area contributed by atoms with Crippen molar-refractivity contribution >= 4 is 22.6 Å². The normalized spacial score (nSPS) is 10.7. The van der Waals surface area contributed by atoms with Crippen molar-refractivity contribution in [3.05, 3.63) is 81.9 Å². The van der Waals surface area contributed by atoms with Crippen molar-refractivity contribution in [2.24, 2.45) is 0 Å². The van der Waals surface area contributed by atoms with Gasteiger partial charge in [0.2, 0.25) is 5.91 Å². The quantitative estimate of drug-likeness (QED) is 0.569. The number of para-hydroxylation sites is 1. The lowest BCUT2D eigenvalue weighted by Gasteiger charge is -2.15. The number of hydrogen-bond donors (Lipinski definition) is 1. The molecule has 148 valence electrons. The van der Waals surface area contributed by atoms with Gasteiger partial charge in [0.15, 0.2) is 17.1 Å². The Morgan fingerprint density at radius 2 is 1.87 bits per heavy atom. The first-order chi connectivity index (χ1) is 14.5. The molecule has 0 atom stereocenters. The number of nitriles is 1. The molecule has 0 aliphatic rings. The number of amides is 1. The fraction of sp³-hybridized carbons (Fsp3) is 0.136. The first-order valence-electron chi connectivity index (χ1n) is 9.28. The number of carbonyl (C=O) groups excluding carboxylic acids is 1. The van der Waals surface area contributed by atoms with Crippen LogP contribution >= 0.6 is 0 Å². The number of anilines is 1. The molecule has 1 N–H and O–H groups in total. The third-order valence-electron chi connectivity index (χ3n) is 4.80. The van der Waals surface area contributed by atoms with Crippen molar-refractivity contribution in [1.29, 1.82) is 5.26 Å². The fourth-order valence-electron chi connectivity index (χ4n) is 3.35. The summed E-state index contributed by atoms with van der Waals surface area (Å²) >= 11 is 0. The van der Waals surface area contributed by atoms with E-state index in [1.54, 1.807) is 24.5 Å². The zero-order chi connectivity index (χ0) is 21.3. The molecule has 4 rings (SSSR count). The summed E-state index contributed by atoms with van der Waals surface area (Å²) in [6.07, 6.45) is 1.39. The van der Waals surface area contributed by atoms with E-state index in [1.165, 1.54) is 23.0 Å². The molecule has 8 heteroatoms. The monoisotopic (exact) mass is 398 g/mol. The number of benzene rings is 1. The van der Waals surface area contributed by atoms with Crippen molar-refractivity contribution < 1.29 is 4.79 Å². The van der Waals surface area contributed by atoms with Gasteiger partial charge in [-0.15, -0.1) is 0 Å². The Hall–Kier alpha value is -4.25. The van der Waals surface area contributed by atoms with Crippen LogP contribution in [0.25, 0.3) is 16.7 Å². The topological polar surface area (TPSA) is 106 Å². The van der Waals surface area contributed by atoms with Gasteiger partial charge >= 0.3 is 0 Å². The maximum atomic E-state index is 12.8. The Bertz CT molecular complexity index is 1350. The van der Waals surface area contributed by atoms with Crippen LogP contribution in [0.1, 0.15) is 17.0 Å². The molecule has 4 aromatic rings. The Morgan fingerprint density at radius 3 is 2.60 bits per heavy atom. The molecule has 0 saturated carbocycles. The number of nitrogens with one attached hydrogen (secondary N) is 1. The minimum absolute atomic E-state index is 0.000849. The second-order valence-electron chi connectivity index (χ2n) is 6.90. The Morgan fingerprint density at radius 1 is 1.13 bits per heavy atom. The summed E-state index contributed by atoms with van der Waals surface area (Å²) in [5.74, 6) is 0.395. The SMILES string of the molecule is Cc1cc(=O)cc(C)n1CC(=O)Nc1c(C#N)cnn1-c1ccc2ccccc2n1. The first-order valence-corrected chi connectivity index (χ1v) is 9.28. The number of aryl methyl sites for hydroxylation is 2. The Kier molecular flexibility index (Phi) is 4.86. The van der Waals surface area contributed by atoms with Gasteiger partial charge < -0.3 is 9.88 Å². The van der Waals surface area contributed by atoms with Crippen LogP contribution in [0, 0.1) is 25.2 Å². The molecular weight excluding hydrogens is 380 g/mol. The van der Waals surface area contributed by atoms with Gasteiger partial charge in [-0.25, -0.2) is 4.98 Å². The average Bonchev–Trinajstić information content (AvgIpc) is 3.12. The van der Waals surface area contributed by atoms with E-state index in [4.69, 9.17) is 0 Å². The third-order valence-corrected chi connectivity index (χ3v) is 4.80. The first kappa shape index (κ1) is 19.1.